The lowest BCUT2D eigenvalue weighted by molar-refractivity contribution is -0.133. The van der Waals surface area contributed by atoms with E-state index in [1.54, 1.807) is 29.0 Å². The van der Waals surface area contributed by atoms with Gasteiger partial charge >= 0.3 is 0 Å². The van der Waals surface area contributed by atoms with Crippen LogP contribution < -0.4 is 5.32 Å². The highest BCUT2D eigenvalue weighted by molar-refractivity contribution is 7.08. The molecule has 0 fully saturated rings. The van der Waals surface area contributed by atoms with Crippen LogP contribution in [0.5, 0.6) is 0 Å². The van der Waals surface area contributed by atoms with Crippen molar-refractivity contribution < 1.29 is 14.7 Å². The van der Waals surface area contributed by atoms with E-state index in [1.165, 1.54) is 11.3 Å². The molecule has 1 aromatic heterocycles. The highest BCUT2D eigenvalue weighted by Crippen LogP contribution is 2.39. The van der Waals surface area contributed by atoms with Gasteiger partial charge in [0.15, 0.2) is 11.4 Å². The number of ketones is 1. The number of anilines is 1. The molecule has 0 aliphatic carbocycles. The van der Waals surface area contributed by atoms with Gasteiger partial charge in [-0.15, -0.1) is 0 Å². The summed E-state index contributed by atoms with van der Waals surface area (Å²) >= 11 is 1.41. The number of aryl methyl sites for hydroxylation is 1. The molecule has 0 unspecified atom stereocenters. The fourth-order valence-electron chi connectivity index (χ4n) is 2.39. The molecule has 0 saturated heterocycles. The lowest BCUT2D eigenvalue weighted by atomic mass is 9.88. The Morgan fingerprint density at radius 2 is 2.20 bits per heavy atom. The van der Waals surface area contributed by atoms with Crippen molar-refractivity contribution in [3.63, 3.8) is 0 Å². The monoisotopic (exact) mass is 287 g/mol. The first-order valence-electron chi connectivity index (χ1n) is 6.21. The van der Waals surface area contributed by atoms with Gasteiger partial charge in [-0.05, 0) is 24.4 Å². The van der Waals surface area contributed by atoms with Crippen LogP contribution >= 0.6 is 11.3 Å². The van der Waals surface area contributed by atoms with Crippen LogP contribution in [0.15, 0.2) is 35.0 Å². The van der Waals surface area contributed by atoms with Crippen molar-refractivity contribution in [3.05, 3.63) is 51.7 Å². The molecule has 5 heteroatoms. The molecule has 1 aliphatic rings. The predicted molar refractivity (Wildman–Crippen MR) is 77.0 cm³/mol. The van der Waals surface area contributed by atoms with Crippen molar-refractivity contribution >= 4 is 28.7 Å². The van der Waals surface area contributed by atoms with Gasteiger partial charge in [-0.25, -0.2) is 0 Å². The zero-order valence-corrected chi connectivity index (χ0v) is 11.7. The molecule has 0 radical (unpaired) electrons. The van der Waals surface area contributed by atoms with E-state index in [0.717, 1.165) is 5.56 Å². The second-order valence-electron chi connectivity index (χ2n) is 4.98. The van der Waals surface area contributed by atoms with Crippen LogP contribution in [0.25, 0.3) is 0 Å². The Balaban J connectivity index is 1.98. The van der Waals surface area contributed by atoms with Crippen LogP contribution in [-0.2, 0) is 10.4 Å². The number of thiophene rings is 1. The summed E-state index contributed by atoms with van der Waals surface area (Å²) in [5.41, 5.74) is 0.728. The molecule has 1 atom stereocenters. The third kappa shape index (κ3) is 1.95. The Morgan fingerprint density at radius 3 is 2.90 bits per heavy atom. The largest absolute Gasteiger partial charge is 0.375 e. The van der Waals surface area contributed by atoms with Crippen LogP contribution in [0.2, 0.25) is 0 Å². The third-order valence-corrected chi connectivity index (χ3v) is 4.19. The second-order valence-corrected chi connectivity index (χ2v) is 5.76. The number of amides is 1. The van der Waals surface area contributed by atoms with E-state index in [4.69, 9.17) is 0 Å². The first kappa shape index (κ1) is 13.0. The molecule has 1 aliphatic heterocycles. The van der Waals surface area contributed by atoms with Crippen LogP contribution in [-0.4, -0.2) is 16.8 Å². The van der Waals surface area contributed by atoms with Crippen molar-refractivity contribution in [1.29, 1.82) is 0 Å². The summed E-state index contributed by atoms with van der Waals surface area (Å²) in [6.45, 7) is 1.88. The minimum absolute atomic E-state index is 0.238. The van der Waals surface area contributed by atoms with Crippen molar-refractivity contribution in [2.24, 2.45) is 0 Å². The Bertz CT molecular complexity index is 693. The average Bonchev–Trinajstić information content (AvgIpc) is 3.00. The summed E-state index contributed by atoms with van der Waals surface area (Å²) in [5, 5.41) is 16.8. The maximum Gasteiger partial charge on any atom is 0.261 e. The number of fused-ring (bicyclic) bond motifs is 1. The van der Waals surface area contributed by atoms with Crippen molar-refractivity contribution in [2.75, 3.05) is 5.32 Å². The Kier molecular flexibility index (Phi) is 2.96. The van der Waals surface area contributed by atoms with Gasteiger partial charge in [0, 0.05) is 22.2 Å². The molecule has 2 heterocycles. The van der Waals surface area contributed by atoms with E-state index in [1.807, 2.05) is 13.0 Å². The molecule has 2 N–H and O–H groups in total. The summed E-state index contributed by atoms with van der Waals surface area (Å²) in [7, 11) is 0. The van der Waals surface area contributed by atoms with Crippen molar-refractivity contribution in [3.8, 4) is 0 Å². The summed E-state index contributed by atoms with van der Waals surface area (Å²) < 4.78 is 0. The maximum absolute atomic E-state index is 12.2. The third-order valence-electron chi connectivity index (χ3n) is 3.50. The van der Waals surface area contributed by atoms with E-state index in [9.17, 15) is 14.7 Å². The van der Waals surface area contributed by atoms with Crippen LogP contribution in [0.1, 0.15) is 27.9 Å². The van der Waals surface area contributed by atoms with E-state index in [0.29, 0.717) is 16.8 Å². The Labute approximate surface area is 120 Å². The molecule has 1 aromatic carbocycles. The van der Waals surface area contributed by atoms with Gasteiger partial charge in [0.25, 0.3) is 5.91 Å². The van der Waals surface area contributed by atoms with E-state index >= 15 is 0 Å². The number of benzene rings is 1. The number of nitrogens with one attached hydrogen (secondary N) is 1. The van der Waals surface area contributed by atoms with E-state index < -0.39 is 11.5 Å². The molecular formula is C15H13NO3S. The zero-order chi connectivity index (χ0) is 14.3. The van der Waals surface area contributed by atoms with Gasteiger partial charge in [0.1, 0.15) is 0 Å². The number of hydrogen-bond donors (Lipinski definition) is 2. The maximum atomic E-state index is 12.2. The summed E-state index contributed by atoms with van der Waals surface area (Å²) in [4.78, 5) is 24.2. The number of hydrogen-bond acceptors (Lipinski definition) is 4. The van der Waals surface area contributed by atoms with Gasteiger partial charge in [-0.3, -0.25) is 9.59 Å². The van der Waals surface area contributed by atoms with Crippen LogP contribution in [0.4, 0.5) is 5.69 Å². The van der Waals surface area contributed by atoms with E-state index in [-0.39, 0.29) is 12.2 Å². The summed E-state index contributed by atoms with van der Waals surface area (Å²) in [5.74, 6) is -0.778. The molecule has 1 amide bonds. The highest BCUT2D eigenvalue weighted by Gasteiger charge is 2.46. The number of carbonyl (C=O) groups is 2. The smallest absolute Gasteiger partial charge is 0.261 e. The van der Waals surface area contributed by atoms with Gasteiger partial charge in [0.05, 0.1) is 6.42 Å². The molecule has 0 bridgehead atoms. The lowest BCUT2D eigenvalue weighted by Crippen LogP contribution is -2.36. The first-order valence-corrected chi connectivity index (χ1v) is 7.15. The topological polar surface area (TPSA) is 66.4 Å². The van der Waals surface area contributed by atoms with E-state index in [2.05, 4.69) is 5.32 Å². The quantitative estimate of drug-likeness (QED) is 0.852. The standard InChI is InChI=1S/C15H13NO3S/c1-9-2-3-12-11(6-9)15(19,14(18)16-12)7-13(17)10-4-5-20-8-10/h2-6,8,19H,7H2,1H3,(H,16,18)/t15-/m0/s1. The van der Waals surface area contributed by atoms with Gasteiger partial charge < -0.3 is 10.4 Å². The summed E-state index contributed by atoms with van der Waals surface area (Å²) in [6.07, 6.45) is -0.244. The minimum Gasteiger partial charge on any atom is -0.375 e. The Morgan fingerprint density at radius 1 is 1.40 bits per heavy atom. The molecule has 102 valence electrons. The number of carbonyl (C=O) groups excluding carboxylic acids is 2. The van der Waals surface area contributed by atoms with Crippen molar-refractivity contribution in [1.82, 2.24) is 0 Å². The number of rotatable bonds is 3. The van der Waals surface area contributed by atoms with Crippen LogP contribution in [0, 0.1) is 6.92 Å². The average molecular weight is 287 g/mol. The van der Waals surface area contributed by atoms with Crippen LogP contribution in [0.3, 0.4) is 0 Å². The van der Waals surface area contributed by atoms with Gasteiger partial charge in [-0.2, -0.15) is 11.3 Å². The molecule has 20 heavy (non-hydrogen) atoms. The molecule has 0 spiro atoms. The fourth-order valence-corrected chi connectivity index (χ4v) is 3.05. The molecule has 4 nitrogen and oxygen atoms in total. The second kappa shape index (κ2) is 4.54. The predicted octanol–water partition coefficient (Wildman–Crippen LogP) is 2.47. The number of Topliss-reactive ketones (excluding diaryl/α,β-unsaturated/α-hetero) is 1. The normalized spacial score (nSPS) is 20.6. The Hall–Kier alpha value is -1.98. The number of aliphatic hydroxyl groups is 1. The molecular weight excluding hydrogens is 274 g/mol. The van der Waals surface area contributed by atoms with Crippen molar-refractivity contribution in [2.45, 2.75) is 18.9 Å². The molecule has 3 rings (SSSR count). The summed E-state index contributed by atoms with van der Waals surface area (Å²) in [6, 6.07) is 7.04. The van der Waals surface area contributed by atoms with Gasteiger partial charge in [-0.1, -0.05) is 17.7 Å². The zero-order valence-electron chi connectivity index (χ0n) is 10.8. The highest BCUT2D eigenvalue weighted by atomic mass is 32.1. The SMILES string of the molecule is Cc1ccc2c(c1)[C@@](O)(CC(=O)c1ccsc1)C(=O)N2. The molecule has 0 saturated carbocycles. The first-order chi connectivity index (χ1) is 9.50. The fraction of sp³-hybridized carbons (Fsp3) is 0.200. The molecule has 2 aromatic rings. The minimum atomic E-state index is -1.78. The lowest BCUT2D eigenvalue weighted by Gasteiger charge is -2.20. The van der Waals surface area contributed by atoms with Gasteiger partial charge in [0.2, 0.25) is 0 Å².